The van der Waals surface area contributed by atoms with E-state index in [2.05, 4.69) is 10.3 Å². The summed E-state index contributed by atoms with van der Waals surface area (Å²) in [6, 6.07) is 9.88. The van der Waals surface area contributed by atoms with E-state index in [-0.39, 0.29) is 18.0 Å². The van der Waals surface area contributed by atoms with Crippen LogP contribution >= 0.6 is 0 Å². The highest BCUT2D eigenvalue weighted by Crippen LogP contribution is 2.16. The zero-order valence-electron chi connectivity index (χ0n) is 14.0. The molecule has 2 aromatic rings. The monoisotopic (exact) mass is 343 g/mol. The molecule has 0 saturated carbocycles. The Hall–Kier alpha value is -2.47. The minimum absolute atomic E-state index is 0.0395. The van der Waals surface area contributed by atoms with Crippen molar-refractivity contribution in [2.75, 3.05) is 13.2 Å². The average molecular weight is 343 g/mol. The van der Waals surface area contributed by atoms with Gasteiger partial charge < -0.3 is 15.0 Å². The van der Waals surface area contributed by atoms with Gasteiger partial charge in [0.2, 0.25) is 0 Å². The lowest BCUT2D eigenvalue weighted by Gasteiger charge is -2.26. The Balaban J connectivity index is 1.64. The molecule has 0 radical (unpaired) electrons. The second-order valence-corrected chi connectivity index (χ2v) is 6.17. The van der Waals surface area contributed by atoms with Crippen LogP contribution in [0.2, 0.25) is 0 Å². The molecule has 0 bridgehead atoms. The van der Waals surface area contributed by atoms with Crippen LogP contribution in [0.15, 0.2) is 48.8 Å². The molecule has 25 heavy (non-hydrogen) atoms. The number of nitrogens with zero attached hydrogens (tertiary/aromatic N) is 2. The number of aromatic nitrogens is 1. The summed E-state index contributed by atoms with van der Waals surface area (Å²) in [6.07, 6.45) is 5.40. The zero-order valence-corrected chi connectivity index (χ0v) is 14.0. The topological polar surface area (TPSA) is 54.5 Å². The summed E-state index contributed by atoms with van der Waals surface area (Å²) >= 11 is 0. The summed E-state index contributed by atoms with van der Waals surface area (Å²) < 4.78 is 19.1. The number of amides is 2. The lowest BCUT2D eigenvalue weighted by atomic mass is 10.2. The molecule has 0 spiro atoms. The predicted molar refractivity (Wildman–Crippen MR) is 92.3 cm³/mol. The molecule has 6 heteroatoms. The van der Waals surface area contributed by atoms with Gasteiger partial charge in [-0.2, -0.15) is 0 Å². The number of hydrogen-bond acceptors (Lipinski definition) is 3. The summed E-state index contributed by atoms with van der Waals surface area (Å²) in [5.41, 5.74) is 1.69. The highest BCUT2D eigenvalue weighted by atomic mass is 19.1. The highest BCUT2D eigenvalue weighted by Gasteiger charge is 2.22. The molecule has 2 heterocycles. The molecule has 1 fully saturated rings. The minimum atomic E-state index is -0.301. The van der Waals surface area contributed by atoms with Gasteiger partial charge in [-0.15, -0.1) is 0 Å². The van der Waals surface area contributed by atoms with Crippen molar-refractivity contribution in [2.24, 2.45) is 0 Å². The number of benzene rings is 1. The maximum absolute atomic E-state index is 13.4. The lowest BCUT2D eigenvalue weighted by molar-refractivity contribution is 0.0794. The van der Waals surface area contributed by atoms with Crippen LogP contribution in [-0.2, 0) is 17.8 Å². The van der Waals surface area contributed by atoms with Gasteiger partial charge in [-0.1, -0.05) is 18.2 Å². The van der Waals surface area contributed by atoms with Crippen molar-refractivity contribution in [3.8, 4) is 0 Å². The minimum Gasteiger partial charge on any atom is -0.376 e. The van der Waals surface area contributed by atoms with Gasteiger partial charge >= 0.3 is 6.03 Å². The zero-order chi connectivity index (χ0) is 17.5. The highest BCUT2D eigenvalue weighted by molar-refractivity contribution is 5.74. The van der Waals surface area contributed by atoms with Crippen molar-refractivity contribution in [3.05, 3.63) is 65.7 Å². The molecule has 2 amide bonds. The maximum Gasteiger partial charge on any atom is 0.318 e. The van der Waals surface area contributed by atoms with Crippen molar-refractivity contribution in [3.63, 3.8) is 0 Å². The summed E-state index contributed by atoms with van der Waals surface area (Å²) in [4.78, 5) is 18.4. The number of hydrogen-bond donors (Lipinski definition) is 1. The standard InChI is InChI=1S/C19H22FN3O2/c20-17-6-1-4-15(10-17)13-23(14-18-7-3-9-25-18)19(24)22-12-16-5-2-8-21-11-16/h1-2,4-6,8,10-11,18H,3,7,9,12-14H2,(H,22,24)/t18-/m1/s1. The Morgan fingerprint density at radius 2 is 2.20 bits per heavy atom. The van der Waals surface area contributed by atoms with Crippen LogP contribution in [0.4, 0.5) is 9.18 Å². The van der Waals surface area contributed by atoms with Crippen LogP contribution in [0.25, 0.3) is 0 Å². The molecule has 1 saturated heterocycles. The molecule has 132 valence electrons. The van der Waals surface area contributed by atoms with E-state index in [1.807, 2.05) is 18.2 Å². The van der Waals surface area contributed by atoms with Crippen molar-refractivity contribution in [1.29, 1.82) is 0 Å². The van der Waals surface area contributed by atoms with Crippen molar-refractivity contribution < 1.29 is 13.9 Å². The Morgan fingerprint density at radius 3 is 2.92 bits per heavy atom. The first kappa shape index (κ1) is 17.4. The number of nitrogens with one attached hydrogen (secondary N) is 1. The normalized spacial score (nSPS) is 16.6. The van der Waals surface area contributed by atoms with E-state index >= 15 is 0 Å². The molecular weight excluding hydrogens is 321 g/mol. The number of halogens is 1. The first-order valence-corrected chi connectivity index (χ1v) is 8.48. The fraction of sp³-hybridized carbons (Fsp3) is 0.368. The first-order chi connectivity index (χ1) is 12.2. The number of pyridine rings is 1. The van der Waals surface area contributed by atoms with Gasteiger partial charge in [0.15, 0.2) is 0 Å². The van der Waals surface area contributed by atoms with Crippen LogP contribution in [0, 0.1) is 5.82 Å². The van der Waals surface area contributed by atoms with E-state index in [4.69, 9.17) is 4.74 Å². The number of ether oxygens (including phenoxy) is 1. The molecule has 1 aliphatic rings. The Kier molecular flexibility index (Phi) is 5.95. The largest absolute Gasteiger partial charge is 0.376 e. The third-order valence-electron chi connectivity index (χ3n) is 4.16. The Labute approximate surface area is 146 Å². The van der Waals surface area contributed by atoms with Crippen LogP contribution in [0.3, 0.4) is 0 Å². The van der Waals surface area contributed by atoms with Gasteiger partial charge in [-0.3, -0.25) is 4.98 Å². The molecule has 0 unspecified atom stereocenters. The molecule has 0 aliphatic carbocycles. The fourth-order valence-electron chi connectivity index (χ4n) is 2.90. The predicted octanol–water partition coefficient (Wildman–Crippen LogP) is 3.11. The van der Waals surface area contributed by atoms with Gasteiger partial charge in [0.25, 0.3) is 0 Å². The number of carbonyl (C=O) groups is 1. The second-order valence-electron chi connectivity index (χ2n) is 6.17. The Bertz CT molecular complexity index is 690. The van der Waals surface area contributed by atoms with Gasteiger partial charge in [-0.25, -0.2) is 9.18 Å². The van der Waals surface area contributed by atoms with Crippen LogP contribution < -0.4 is 5.32 Å². The lowest BCUT2D eigenvalue weighted by Crippen LogP contribution is -2.43. The molecule has 3 rings (SSSR count). The van der Waals surface area contributed by atoms with E-state index in [1.165, 1.54) is 12.1 Å². The maximum atomic E-state index is 13.4. The third-order valence-corrected chi connectivity index (χ3v) is 4.16. The fourth-order valence-corrected chi connectivity index (χ4v) is 2.90. The van der Waals surface area contributed by atoms with E-state index in [9.17, 15) is 9.18 Å². The smallest absolute Gasteiger partial charge is 0.318 e. The van der Waals surface area contributed by atoms with Crippen molar-refractivity contribution in [2.45, 2.75) is 32.0 Å². The van der Waals surface area contributed by atoms with E-state index in [1.54, 1.807) is 23.4 Å². The average Bonchev–Trinajstić information content (AvgIpc) is 3.13. The SMILES string of the molecule is O=C(NCc1cccnc1)N(Cc1cccc(F)c1)C[C@H]1CCCO1. The summed E-state index contributed by atoms with van der Waals surface area (Å²) in [5.74, 6) is -0.301. The first-order valence-electron chi connectivity index (χ1n) is 8.48. The number of carbonyl (C=O) groups excluding carboxylic acids is 1. The van der Waals surface area contributed by atoms with Gasteiger partial charge in [0.1, 0.15) is 5.82 Å². The molecular formula is C19H22FN3O2. The van der Waals surface area contributed by atoms with Crippen molar-refractivity contribution >= 4 is 6.03 Å². The summed E-state index contributed by atoms with van der Waals surface area (Å²) in [7, 11) is 0. The second kappa shape index (κ2) is 8.58. The molecule has 5 nitrogen and oxygen atoms in total. The van der Waals surface area contributed by atoms with E-state index in [0.29, 0.717) is 19.6 Å². The number of urea groups is 1. The quantitative estimate of drug-likeness (QED) is 0.877. The van der Waals surface area contributed by atoms with Gasteiger partial charge in [0, 0.05) is 38.6 Å². The van der Waals surface area contributed by atoms with Crippen LogP contribution in [0.1, 0.15) is 24.0 Å². The van der Waals surface area contributed by atoms with Crippen LogP contribution in [0.5, 0.6) is 0 Å². The van der Waals surface area contributed by atoms with Crippen molar-refractivity contribution in [1.82, 2.24) is 15.2 Å². The molecule has 1 aliphatic heterocycles. The molecule has 1 aromatic heterocycles. The van der Waals surface area contributed by atoms with E-state index < -0.39 is 0 Å². The van der Waals surface area contributed by atoms with Crippen LogP contribution in [-0.4, -0.2) is 35.2 Å². The summed E-state index contributed by atoms with van der Waals surface area (Å²) in [5, 5.41) is 2.91. The molecule has 1 atom stereocenters. The van der Waals surface area contributed by atoms with Gasteiger partial charge in [0.05, 0.1) is 6.10 Å². The summed E-state index contributed by atoms with van der Waals surface area (Å²) in [6.45, 7) is 1.97. The van der Waals surface area contributed by atoms with E-state index in [0.717, 1.165) is 30.6 Å². The third kappa shape index (κ3) is 5.26. The molecule has 1 aromatic carbocycles. The Morgan fingerprint density at radius 1 is 1.32 bits per heavy atom. The number of rotatable bonds is 6. The van der Waals surface area contributed by atoms with Gasteiger partial charge in [-0.05, 0) is 42.2 Å². The molecule has 1 N–H and O–H groups in total.